The maximum atomic E-state index is 6.22. The van der Waals surface area contributed by atoms with Gasteiger partial charge in [0, 0.05) is 20.8 Å². The average Bonchev–Trinajstić information content (AvgIpc) is 2.92. The summed E-state index contributed by atoms with van der Waals surface area (Å²) in [6.07, 6.45) is 2.29. The Morgan fingerprint density at radius 1 is 1.20 bits per heavy atom. The fourth-order valence-electron chi connectivity index (χ4n) is 2.32. The van der Waals surface area contributed by atoms with Crippen LogP contribution in [-0.4, -0.2) is 6.54 Å². The topological polar surface area (TPSA) is 12.0 Å². The maximum absolute atomic E-state index is 6.22. The van der Waals surface area contributed by atoms with E-state index in [4.69, 9.17) is 11.6 Å². The highest BCUT2D eigenvalue weighted by Gasteiger charge is 2.13. The van der Waals surface area contributed by atoms with Crippen molar-refractivity contribution in [3.63, 3.8) is 0 Å². The molecule has 2 rings (SSSR count). The van der Waals surface area contributed by atoms with Gasteiger partial charge in [-0.1, -0.05) is 37.6 Å². The van der Waals surface area contributed by atoms with Gasteiger partial charge in [-0.3, -0.25) is 0 Å². The lowest BCUT2D eigenvalue weighted by atomic mass is 10.1. The molecule has 108 valence electrons. The van der Waals surface area contributed by atoms with E-state index in [-0.39, 0.29) is 0 Å². The predicted octanol–water partition coefficient (Wildman–Crippen LogP) is 5.83. The molecule has 1 N–H and O–H groups in total. The molecule has 1 unspecified atom stereocenters. The summed E-state index contributed by atoms with van der Waals surface area (Å²) in [5.41, 5.74) is 2.41. The summed E-state index contributed by atoms with van der Waals surface area (Å²) >= 11 is 8.09. The largest absolute Gasteiger partial charge is 0.309 e. The molecule has 0 aliphatic rings. The monoisotopic (exact) mass is 307 g/mol. The molecule has 0 amide bonds. The summed E-state index contributed by atoms with van der Waals surface area (Å²) < 4.78 is 0. The molecular formula is C17H22ClNS. The lowest BCUT2D eigenvalue weighted by molar-refractivity contribution is 0.525. The summed E-state index contributed by atoms with van der Waals surface area (Å²) in [5, 5.41) is 4.45. The second kappa shape index (κ2) is 7.26. The highest BCUT2D eigenvalue weighted by Crippen LogP contribution is 2.36. The van der Waals surface area contributed by atoms with Gasteiger partial charge in [-0.2, -0.15) is 0 Å². The minimum Gasteiger partial charge on any atom is -0.309 e. The first-order valence-electron chi connectivity index (χ1n) is 7.26. The third kappa shape index (κ3) is 3.43. The van der Waals surface area contributed by atoms with Gasteiger partial charge in [-0.15, -0.1) is 11.3 Å². The molecule has 1 aromatic heterocycles. The van der Waals surface area contributed by atoms with E-state index >= 15 is 0 Å². The molecule has 0 saturated heterocycles. The lowest BCUT2D eigenvalue weighted by Crippen LogP contribution is -2.20. The van der Waals surface area contributed by atoms with Gasteiger partial charge in [0.15, 0.2) is 0 Å². The van der Waals surface area contributed by atoms with Crippen molar-refractivity contribution in [3.05, 3.63) is 45.8 Å². The molecule has 1 aromatic carbocycles. The van der Waals surface area contributed by atoms with Crippen molar-refractivity contribution in [1.29, 1.82) is 0 Å². The van der Waals surface area contributed by atoms with E-state index in [1.807, 2.05) is 23.5 Å². The standard InChI is InChI=1S/C17H22ClNS/c1-4-11-19-15(5-2)17-10-9-16(20-17)13-7-6-8-14(18)12(13)3/h6-10,15,19H,4-5,11H2,1-3H3. The van der Waals surface area contributed by atoms with Crippen molar-refractivity contribution in [2.24, 2.45) is 0 Å². The molecule has 2 aromatic rings. The summed E-state index contributed by atoms with van der Waals surface area (Å²) in [6.45, 7) is 7.60. The van der Waals surface area contributed by atoms with E-state index in [9.17, 15) is 0 Å². The van der Waals surface area contributed by atoms with Crippen LogP contribution in [0, 0.1) is 6.92 Å². The molecule has 0 aliphatic heterocycles. The van der Waals surface area contributed by atoms with Gasteiger partial charge < -0.3 is 5.32 Å². The van der Waals surface area contributed by atoms with Gasteiger partial charge in [0.1, 0.15) is 0 Å². The van der Waals surface area contributed by atoms with Gasteiger partial charge in [-0.25, -0.2) is 0 Å². The normalized spacial score (nSPS) is 12.6. The molecule has 1 heterocycles. The molecule has 20 heavy (non-hydrogen) atoms. The van der Waals surface area contributed by atoms with E-state index < -0.39 is 0 Å². The first-order chi connectivity index (χ1) is 9.67. The summed E-state index contributed by atoms with van der Waals surface area (Å²) in [5.74, 6) is 0. The fraction of sp³-hybridized carbons (Fsp3) is 0.412. The molecule has 0 saturated carbocycles. The Labute approximate surface area is 131 Å². The maximum Gasteiger partial charge on any atom is 0.0441 e. The quantitative estimate of drug-likeness (QED) is 0.708. The Hall–Kier alpha value is -0.830. The number of rotatable bonds is 6. The third-order valence-corrected chi connectivity index (χ3v) is 5.19. The van der Waals surface area contributed by atoms with Gasteiger partial charge in [0.2, 0.25) is 0 Å². The molecule has 0 radical (unpaired) electrons. The Kier molecular flexibility index (Phi) is 5.64. The molecular weight excluding hydrogens is 286 g/mol. The van der Waals surface area contributed by atoms with Gasteiger partial charge in [0.25, 0.3) is 0 Å². The fourth-order valence-corrected chi connectivity index (χ4v) is 3.75. The van der Waals surface area contributed by atoms with Crippen LogP contribution in [0.2, 0.25) is 5.02 Å². The molecule has 0 spiro atoms. The zero-order chi connectivity index (χ0) is 14.5. The average molecular weight is 308 g/mol. The zero-order valence-electron chi connectivity index (χ0n) is 12.4. The molecule has 3 heteroatoms. The first-order valence-corrected chi connectivity index (χ1v) is 8.45. The zero-order valence-corrected chi connectivity index (χ0v) is 13.9. The first kappa shape index (κ1) is 15.6. The molecule has 0 bridgehead atoms. The van der Waals surface area contributed by atoms with Crippen LogP contribution in [0.3, 0.4) is 0 Å². The Morgan fingerprint density at radius 2 is 2.00 bits per heavy atom. The Bertz CT molecular complexity index is 562. The van der Waals surface area contributed by atoms with Crippen LogP contribution in [0.15, 0.2) is 30.3 Å². The summed E-state index contributed by atoms with van der Waals surface area (Å²) in [6, 6.07) is 11.1. The highest BCUT2D eigenvalue weighted by atomic mass is 35.5. The number of nitrogens with one attached hydrogen (secondary N) is 1. The second-order valence-electron chi connectivity index (χ2n) is 5.03. The van der Waals surface area contributed by atoms with Crippen LogP contribution >= 0.6 is 22.9 Å². The van der Waals surface area contributed by atoms with Crippen molar-refractivity contribution < 1.29 is 0 Å². The molecule has 0 aliphatic carbocycles. The second-order valence-corrected chi connectivity index (χ2v) is 6.55. The lowest BCUT2D eigenvalue weighted by Gasteiger charge is -2.14. The van der Waals surface area contributed by atoms with Crippen LogP contribution in [0.5, 0.6) is 0 Å². The van der Waals surface area contributed by atoms with Crippen molar-refractivity contribution in [3.8, 4) is 10.4 Å². The van der Waals surface area contributed by atoms with E-state index in [1.54, 1.807) is 0 Å². The third-order valence-electron chi connectivity index (χ3n) is 3.55. The van der Waals surface area contributed by atoms with Crippen LogP contribution < -0.4 is 5.32 Å². The smallest absolute Gasteiger partial charge is 0.0441 e. The van der Waals surface area contributed by atoms with Gasteiger partial charge >= 0.3 is 0 Å². The van der Waals surface area contributed by atoms with Crippen LogP contribution in [0.4, 0.5) is 0 Å². The molecule has 1 atom stereocenters. The van der Waals surface area contributed by atoms with E-state index in [0.717, 1.165) is 23.6 Å². The van der Waals surface area contributed by atoms with E-state index in [1.165, 1.54) is 21.7 Å². The van der Waals surface area contributed by atoms with Crippen molar-refractivity contribution in [2.75, 3.05) is 6.54 Å². The molecule has 0 fully saturated rings. The minimum absolute atomic E-state index is 0.466. The number of hydrogen-bond acceptors (Lipinski definition) is 2. The predicted molar refractivity (Wildman–Crippen MR) is 90.8 cm³/mol. The van der Waals surface area contributed by atoms with Crippen LogP contribution in [0.25, 0.3) is 10.4 Å². The van der Waals surface area contributed by atoms with Crippen LogP contribution in [-0.2, 0) is 0 Å². The Morgan fingerprint density at radius 3 is 2.70 bits per heavy atom. The Balaban J connectivity index is 2.26. The van der Waals surface area contributed by atoms with Crippen LogP contribution in [0.1, 0.15) is 43.2 Å². The highest BCUT2D eigenvalue weighted by molar-refractivity contribution is 7.15. The van der Waals surface area contributed by atoms with Gasteiger partial charge in [-0.05, 0) is 55.6 Å². The van der Waals surface area contributed by atoms with Crippen molar-refractivity contribution in [1.82, 2.24) is 5.32 Å². The summed E-state index contributed by atoms with van der Waals surface area (Å²) in [7, 11) is 0. The minimum atomic E-state index is 0.466. The number of benzene rings is 1. The van der Waals surface area contributed by atoms with Gasteiger partial charge in [0.05, 0.1) is 0 Å². The van der Waals surface area contributed by atoms with Crippen molar-refractivity contribution >= 4 is 22.9 Å². The van der Waals surface area contributed by atoms with Crippen molar-refractivity contribution in [2.45, 2.75) is 39.7 Å². The summed E-state index contributed by atoms with van der Waals surface area (Å²) in [4.78, 5) is 2.71. The van der Waals surface area contributed by atoms with E-state index in [0.29, 0.717) is 6.04 Å². The number of hydrogen-bond donors (Lipinski definition) is 1. The number of thiophene rings is 1. The number of halogens is 1. The van der Waals surface area contributed by atoms with E-state index in [2.05, 4.69) is 44.3 Å². The SMILES string of the molecule is CCCNC(CC)c1ccc(-c2cccc(Cl)c2C)s1. The molecule has 1 nitrogen and oxygen atoms in total.